The van der Waals surface area contributed by atoms with Crippen LogP contribution in [0.3, 0.4) is 0 Å². The summed E-state index contributed by atoms with van der Waals surface area (Å²) < 4.78 is 0. The highest BCUT2D eigenvalue weighted by Gasteiger charge is 2.17. The molecule has 1 aliphatic rings. The van der Waals surface area contributed by atoms with Crippen molar-refractivity contribution in [2.45, 2.75) is 6.92 Å². The first kappa shape index (κ1) is 13.5. The molecule has 1 aromatic rings. The van der Waals surface area contributed by atoms with E-state index in [9.17, 15) is 9.59 Å². The molecule has 0 saturated carbocycles. The van der Waals surface area contributed by atoms with E-state index >= 15 is 0 Å². The zero-order chi connectivity index (χ0) is 13.7. The molecule has 1 saturated heterocycles. The van der Waals surface area contributed by atoms with Gasteiger partial charge >= 0.3 is 0 Å². The minimum atomic E-state index is -0.0107. The smallest absolute Gasteiger partial charge is 0.238 e. The maximum Gasteiger partial charge on any atom is 0.238 e. The molecule has 0 aromatic heterocycles. The van der Waals surface area contributed by atoms with Crippen LogP contribution in [0.2, 0.25) is 0 Å². The molecular weight excluding hydrogens is 242 g/mol. The summed E-state index contributed by atoms with van der Waals surface area (Å²) in [5, 5.41) is 2.88. The SMILES string of the molecule is Cc1ccc(NC(=O)CN2CCN(C=O)CC2)cc1. The van der Waals surface area contributed by atoms with Gasteiger partial charge in [0.05, 0.1) is 6.54 Å². The Hall–Kier alpha value is -1.88. The van der Waals surface area contributed by atoms with Crippen LogP contribution in [0.15, 0.2) is 24.3 Å². The maximum absolute atomic E-state index is 11.9. The highest BCUT2D eigenvalue weighted by Crippen LogP contribution is 2.08. The minimum Gasteiger partial charge on any atom is -0.343 e. The fourth-order valence-electron chi connectivity index (χ4n) is 2.07. The van der Waals surface area contributed by atoms with E-state index in [1.807, 2.05) is 31.2 Å². The van der Waals surface area contributed by atoms with Gasteiger partial charge in [-0.25, -0.2) is 0 Å². The number of anilines is 1. The van der Waals surface area contributed by atoms with Crippen LogP contribution in [0.25, 0.3) is 0 Å². The van der Waals surface area contributed by atoms with E-state index in [2.05, 4.69) is 10.2 Å². The van der Waals surface area contributed by atoms with Gasteiger partial charge in [0.25, 0.3) is 0 Å². The molecule has 0 bridgehead atoms. The van der Waals surface area contributed by atoms with E-state index in [0.717, 1.165) is 25.2 Å². The van der Waals surface area contributed by atoms with Crippen molar-refractivity contribution in [3.8, 4) is 0 Å². The van der Waals surface area contributed by atoms with Crippen LogP contribution in [0.4, 0.5) is 5.69 Å². The Kier molecular flexibility index (Phi) is 4.52. The van der Waals surface area contributed by atoms with Crippen molar-refractivity contribution in [3.63, 3.8) is 0 Å². The molecule has 2 rings (SSSR count). The molecule has 5 nitrogen and oxygen atoms in total. The molecule has 0 atom stereocenters. The molecule has 0 spiro atoms. The lowest BCUT2D eigenvalue weighted by Gasteiger charge is -2.31. The quantitative estimate of drug-likeness (QED) is 0.812. The van der Waals surface area contributed by atoms with E-state index in [4.69, 9.17) is 0 Å². The second-order valence-corrected chi connectivity index (χ2v) is 4.83. The largest absolute Gasteiger partial charge is 0.343 e. The number of nitrogens with zero attached hydrogens (tertiary/aromatic N) is 2. The predicted molar refractivity (Wildman–Crippen MR) is 73.9 cm³/mol. The monoisotopic (exact) mass is 261 g/mol. The van der Waals surface area contributed by atoms with Gasteiger partial charge in [-0.1, -0.05) is 17.7 Å². The highest BCUT2D eigenvalue weighted by molar-refractivity contribution is 5.92. The van der Waals surface area contributed by atoms with Crippen LogP contribution >= 0.6 is 0 Å². The zero-order valence-electron chi connectivity index (χ0n) is 11.1. The molecule has 1 heterocycles. The summed E-state index contributed by atoms with van der Waals surface area (Å²) in [4.78, 5) is 26.3. The highest BCUT2D eigenvalue weighted by atomic mass is 16.2. The van der Waals surface area contributed by atoms with Crippen molar-refractivity contribution in [1.29, 1.82) is 0 Å². The Morgan fingerprint density at radius 2 is 1.84 bits per heavy atom. The molecule has 0 aliphatic carbocycles. The summed E-state index contributed by atoms with van der Waals surface area (Å²) in [6.07, 6.45) is 0.865. The van der Waals surface area contributed by atoms with Gasteiger partial charge in [0.1, 0.15) is 0 Å². The number of hydrogen-bond acceptors (Lipinski definition) is 3. The standard InChI is InChI=1S/C14H19N3O2/c1-12-2-4-13(5-3-12)15-14(19)10-16-6-8-17(11-18)9-7-16/h2-5,11H,6-10H2,1H3,(H,15,19). The second kappa shape index (κ2) is 6.33. The van der Waals surface area contributed by atoms with E-state index in [1.54, 1.807) is 4.90 Å². The fourth-order valence-corrected chi connectivity index (χ4v) is 2.07. The topological polar surface area (TPSA) is 52.7 Å². The number of nitrogens with one attached hydrogen (secondary N) is 1. The van der Waals surface area contributed by atoms with Crippen molar-refractivity contribution in [2.75, 3.05) is 38.0 Å². The Morgan fingerprint density at radius 1 is 1.21 bits per heavy atom. The molecule has 0 unspecified atom stereocenters. The molecule has 19 heavy (non-hydrogen) atoms. The molecule has 0 radical (unpaired) electrons. The number of benzene rings is 1. The third-order valence-corrected chi connectivity index (χ3v) is 3.26. The lowest BCUT2D eigenvalue weighted by Crippen LogP contribution is -2.48. The van der Waals surface area contributed by atoms with Gasteiger partial charge < -0.3 is 10.2 Å². The third kappa shape index (κ3) is 4.06. The number of aryl methyl sites for hydroxylation is 1. The van der Waals surface area contributed by atoms with Crippen LogP contribution in [-0.4, -0.2) is 54.8 Å². The van der Waals surface area contributed by atoms with Gasteiger partial charge in [-0.2, -0.15) is 0 Å². The summed E-state index contributed by atoms with van der Waals surface area (Å²) >= 11 is 0. The van der Waals surface area contributed by atoms with Crippen molar-refractivity contribution < 1.29 is 9.59 Å². The Bertz CT molecular complexity index is 437. The van der Waals surface area contributed by atoms with Gasteiger partial charge in [-0.15, -0.1) is 0 Å². The van der Waals surface area contributed by atoms with Crippen molar-refractivity contribution in [1.82, 2.24) is 9.80 Å². The average Bonchev–Trinajstić information content (AvgIpc) is 2.42. The number of piperazine rings is 1. The first-order valence-electron chi connectivity index (χ1n) is 6.45. The van der Waals surface area contributed by atoms with Gasteiger partial charge in [0.15, 0.2) is 0 Å². The number of carbonyl (C=O) groups is 2. The molecule has 1 fully saturated rings. The summed E-state index contributed by atoms with van der Waals surface area (Å²) in [6.45, 7) is 5.28. The Balaban J connectivity index is 1.78. The maximum atomic E-state index is 11.9. The van der Waals surface area contributed by atoms with Crippen molar-refractivity contribution in [3.05, 3.63) is 29.8 Å². The first-order chi connectivity index (χ1) is 9.17. The van der Waals surface area contributed by atoms with Crippen LogP contribution in [-0.2, 0) is 9.59 Å². The number of carbonyl (C=O) groups excluding carboxylic acids is 2. The Labute approximate surface area is 113 Å². The normalized spacial score (nSPS) is 16.2. The summed E-state index contributed by atoms with van der Waals surface area (Å²) in [6, 6.07) is 7.74. The predicted octanol–water partition coefficient (Wildman–Crippen LogP) is 0.708. The molecule has 5 heteroatoms. The molecule has 1 N–H and O–H groups in total. The molecule has 2 amide bonds. The number of hydrogen-bond donors (Lipinski definition) is 1. The minimum absolute atomic E-state index is 0.0107. The molecular formula is C14H19N3O2. The van der Waals surface area contributed by atoms with E-state index in [-0.39, 0.29) is 5.91 Å². The van der Waals surface area contributed by atoms with Crippen molar-refractivity contribution in [2.24, 2.45) is 0 Å². The zero-order valence-corrected chi connectivity index (χ0v) is 11.1. The van der Waals surface area contributed by atoms with Crippen LogP contribution in [0.5, 0.6) is 0 Å². The van der Waals surface area contributed by atoms with Gasteiger partial charge in [0.2, 0.25) is 12.3 Å². The lowest BCUT2D eigenvalue weighted by molar-refractivity contribution is -0.120. The fraction of sp³-hybridized carbons (Fsp3) is 0.429. The lowest BCUT2D eigenvalue weighted by atomic mass is 10.2. The summed E-state index contributed by atoms with van der Waals surface area (Å²) in [5.41, 5.74) is 1.99. The number of amides is 2. The van der Waals surface area contributed by atoms with E-state index in [0.29, 0.717) is 19.6 Å². The van der Waals surface area contributed by atoms with E-state index in [1.165, 1.54) is 5.56 Å². The van der Waals surface area contributed by atoms with Crippen molar-refractivity contribution >= 4 is 18.0 Å². The Morgan fingerprint density at radius 3 is 2.42 bits per heavy atom. The number of rotatable bonds is 4. The third-order valence-electron chi connectivity index (χ3n) is 3.26. The first-order valence-corrected chi connectivity index (χ1v) is 6.45. The van der Waals surface area contributed by atoms with Gasteiger partial charge in [-0.3, -0.25) is 14.5 Å². The molecule has 1 aromatic carbocycles. The van der Waals surface area contributed by atoms with Crippen LogP contribution < -0.4 is 5.32 Å². The van der Waals surface area contributed by atoms with Gasteiger partial charge in [-0.05, 0) is 19.1 Å². The van der Waals surface area contributed by atoms with Crippen LogP contribution in [0.1, 0.15) is 5.56 Å². The molecule has 1 aliphatic heterocycles. The summed E-state index contributed by atoms with van der Waals surface area (Å²) in [7, 11) is 0. The summed E-state index contributed by atoms with van der Waals surface area (Å²) in [5.74, 6) is -0.0107. The second-order valence-electron chi connectivity index (χ2n) is 4.83. The van der Waals surface area contributed by atoms with Crippen LogP contribution in [0, 0.1) is 6.92 Å². The molecule has 102 valence electrons. The average molecular weight is 261 g/mol. The van der Waals surface area contributed by atoms with E-state index < -0.39 is 0 Å². The van der Waals surface area contributed by atoms with Gasteiger partial charge in [0, 0.05) is 31.9 Å².